The van der Waals surface area contributed by atoms with E-state index in [0.29, 0.717) is 11.2 Å². The number of nitrogens with two attached hydrogens (primary N) is 1. The van der Waals surface area contributed by atoms with E-state index in [1.807, 2.05) is 0 Å². The van der Waals surface area contributed by atoms with Crippen LogP contribution in [0.25, 0.3) is 11.2 Å². The molecule has 12 heteroatoms. The van der Waals surface area contributed by atoms with Crippen LogP contribution in [-0.4, -0.2) is 53.8 Å². The molecule has 0 fully saturated rings. The molecule has 0 aliphatic heterocycles. The number of nitrogen functional groups attached to an aromatic ring is 1. The fourth-order valence-corrected chi connectivity index (χ4v) is 3.36. The lowest BCUT2D eigenvalue weighted by Gasteiger charge is -2.13. The molecule has 1 unspecified atom stereocenters. The second-order valence-corrected chi connectivity index (χ2v) is 7.49. The summed E-state index contributed by atoms with van der Waals surface area (Å²) in [6.07, 6.45) is 1.55. The Morgan fingerprint density at radius 2 is 2.29 bits per heavy atom. The predicted molar refractivity (Wildman–Crippen MR) is 75.7 cm³/mol. The molecular formula is C9H15N5O5PS+. The number of H-pyrrole nitrogens is 2. The highest BCUT2D eigenvalue weighted by atomic mass is 32.2. The van der Waals surface area contributed by atoms with Gasteiger partial charge in [0.1, 0.15) is 6.61 Å². The number of aliphatic hydroxyl groups excluding tert-OH is 1. The maximum absolute atomic E-state index is 10.8. The third-order valence-corrected chi connectivity index (χ3v) is 5.12. The summed E-state index contributed by atoms with van der Waals surface area (Å²) in [7, 11) is -4.12. The molecule has 0 aliphatic carbocycles. The van der Waals surface area contributed by atoms with Gasteiger partial charge >= 0.3 is 19.3 Å². The van der Waals surface area contributed by atoms with Gasteiger partial charge in [0, 0.05) is 0 Å². The zero-order valence-electron chi connectivity index (χ0n) is 10.8. The standard InChI is InChI=1S/C9H14N5O5PS/c10-7-6-8(12-3-11-6)14-9(13-7)19-2-5(1-15)21-4-20(16,17)18/h3,5,15H,1-2,4H2,(H2,16,17,18)(H3,10,11,12,13,14)/p+1. The molecule has 0 saturated carbocycles. The Bertz CT molecular complexity index is 661. The average molecular weight is 336 g/mol. The fourth-order valence-electron chi connectivity index (χ4n) is 1.47. The molecule has 10 nitrogen and oxygen atoms in total. The highest BCUT2D eigenvalue weighted by Crippen LogP contribution is 2.39. The molecule has 116 valence electrons. The molecule has 0 bridgehead atoms. The number of hydrogen-bond donors (Lipinski definition) is 5. The van der Waals surface area contributed by atoms with Gasteiger partial charge in [-0.1, -0.05) is 0 Å². The number of anilines is 1. The predicted octanol–water partition coefficient (Wildman–Crippen LogP) is -1.04. The fraction of sp³-hybridized carbons (Fsp3) is 0.444. The van der Waals surface area contributed by atoms with Gasteiger partial charge in [-0.3, -0.25) is 9.55 Å². The van der Waals surface area contributed by atoms with E-state index in [2.05, 4.69) is 19.9 Å². The minimum absolute atomic E-state index is 0.00344. The van der Waals surface area contributed by atoms with Crippen molar-refractivity contribution in [2.45, 2.75) is 5.25 Å². The van der Waals surface area contributed by atoms with Gasteiger partial charge in [-0.2, -0.15) is 4.98 Å². The van der Waals surface area contributed by atoms with Gasteiger partial charge in [0.15, 0.2) is 12.1 Å². The zero-order valence-corrected chi connectivity index (χ0v) is 12.5. The van der Waals surface area contributed by atoms with E-state index in [4.69, 9.17) is 25.4 Å². The number of thioether (sulfide) groups is 1. The lowest BCUT2D eigenvalue weighted by Crippen LogP contribution is -2.20. The molecular weight excluding hydrogens is 321 g/mol. The molecule has 0 aromatic carbocycles. The Balaban J connectivity index is 1.97. The zero-order chi connectivity index (χ0) is 15.5. The van der Waals surface area contributed by atoms with Crippen LogP contribution in [0.15, 0.2) is 6.33 Å². The summed E-state index contributed by atoms with van der Waals surface area (Å²) in [5.41, 5.74) is 6.35. The normalized spacial score (nSPS) is 13.5. The minimum Gasteiger partial charge on any atom is -0.450 e. The first-order chi connectivity index (χ1) is 9.89. The number of aromatic amines is 2. The number of nitrogens with one attached hydrogen (secondary N) is 2. The number of rotatable bonds is 7. The molecule has 2 rings (SSSR count). The monoisotopic (exact) mass is 336 g/mol. The molecule has 0 spiro atoms. The summed E-state index contributed by atoms with van der Waals surface area (Å²) in [5.74, 6) is 0.208. The number of ether oxygens (including phenoxy) is 1. The highest BCUT2D eigenvalue weighted by Gasteiger charge is 2.20. The number of fused-ring (bicyclic) bond motifs is 1. The van der Waals surface area contributed by atoms with E-state index in [0.717, 1.165) is 11.8 Å². The van der Waals surface area contributed by atoms with Gasteiger partial charge in [-0.15, -0.1) is 11.8 Å². The van der Waals surface area contributed by atoms with Crippen molar-refractivity contribution >= 4 is 36.3 Å². The van der Waals surface area contributed by atoms with Gasteiger partial charge in [0.25, 0.3) is 0 Å². The molecule has 2 aromatic rings. The van der Waals surface area contributed by atoms with Crippen molar-refractivity contribution in [3.05, 3.63) is 6.33 Å². The van der Waals surface area contributed by atoms with Crippen LogP contribution >= 0.6 is 19.4 Å². The van der Waals surface area contributed by atoms with Gasteiger partial charge in [0.05, 0.1) is 17.4 Å². The van der Waals surface area contributed by atoms with Crippen molar-refractivity contribution in [3.63, 3.8) is 0 Å². The van der Waals surface area contributed by atoms with Crippen molar-refractivity contribution in [1.29, 1.82) is 0 Å². The Hall–Kier alpha value is -1.39. The largest absolute Gasteiger partial charge is 0.450 e. The van der Waals surface area contributed by atoms with Crippen molar-refractivity contribution < 1.29 is 29.2 Å². The number of nitrogens with zero attached hydrogens (tertiary/aromatic N) is 2. The molecule has 0 saturated heterocycles. The number of aromatic nitrogens is 4. The van der Waals surface area contributed by atoms with Gasteiger partial charge < -0.3 is 25.4 Å². The Morgan fingerprint density at radius 3 is 2.95 bits per heavy atom. The Labute approximate surface area is 123 Å². The van der Waals surface area contributed by atoms with Crippen molar-refractivity contribution in [3.8, 4) is 6.01 Å². The van der Waals surface area contributed by atoms with E-state index in [1.54, 1.807) is 6.33 Å². The van der Waals surface area contributed by atoms with Crippen LogP contribution in [0.3, 0.4) is 0 Å². The molecule has 21 heavy (non-hydrogen) atoms. The summed E-state index contributed by atoms with van der Waals surface area (Å²) in [6, 6.07) is 0.0195. The first-order valence-electron chi connectivity index (χ1n) is 5.81. The van der Waals surface area contributed by atoms with Gasteiger partial charge in [0.2, 0.25) is 5.52 Å². The van der Waals surface area contributed by atoms with Gasteiger partial charge in [-0.05, 0) is 4.98 Å². The van der Waals surface area contributed by atoms with E-state index in [9.17, 15) is 4.57 Å². The third-order valence-electron chi connectivity index (χ3n) is 2.42. The van der Waals surface area contributed by atoms with E-state index in [1.165, 1.54) is 0 Å². The summed E-state index contributed by atoms with van der Waals surface area (Å²) < 4.78 is 16.1. The highest BCUT2D eigenvalue weighted by molar-refractivity contribution is 8.04. The average Bonchev–Trinajstić information content (AvgIpc) is 2.86. The molecule has 2 aromatic heterocycles. The summed E-state index contributed by atoms with van der Waals surface area (Å²) >= 11 is 0.918. The van der Waals surface area contributed by atoms with Crippen LogP contribution in [0, 0.1) is 0 Å². The molecule has 0 amide bonds. The van der Waals surface area contributed by atoms with Crippen molar-refractivity contribution in [2.75, 3.05) is 24.4 Å². The first-order valence-corrected chi connectivity index (χ1v) is 8.66. The van der Waals surface area contributed by atoms with E-state index < -0.39 is 18.3 Å². The summed E-state index contributed by atoms with van der Waals surface area (Å²) in [6.45, 7) is -0.296. The van der Waals surface area contributed by atoms with Crippen LogP contribution in [0.5, 0.6) is 6.01 Å². The van der Waals surface area contributed by atoms with Crippen LogP contribution in [-0.2, 0) is 4.57 Å². The smallest absolute Gasteiger partial charge is 0.397 e. The van der Waals surface area contributed by atoms with Crippen LogP contribution in [0.2, 0.25) is 0 Å². The molecule has 2 heterocycles. The van der Waals surface area contributed by atoms with Crippen LogP contribution in [0.1, 0.15) is 0 Å². The van der Waals surface area contributed by atoms with Gasteiger partial charge in [-0.25, -0.2) is 4.98 Å². The SMILES string of the molecule is Nc1nc(OCC(CO)SCP(=O)(O)O)nc2[nH+]c[nH]c12. The van der Waals surface area contributed by atoms with Crippen molar-refractivity contribution in [2.24, 2.45) is 0 Å². The quantitative estimate of drug-likeness (QED) is 0.396. The topological polar surface area (TPSA) is 169 Å². The lowest BCUT2D eigenvalue weighted by atomic mass is 10.5. The Kier molecular flexibility index (Phi) is 5.01. The third kappa shape index (κ3) is 4.55. The molecule has 0 aliphatic rings. The van der Waals surface area contributed by atoms with Crippen LogP contribution in [0.4, 0.5) is 5.82 Å². The number of aliphatic hydroxyl groups is 1. The maximum atomic E-state index is 10.8. The summed E-state index contributed by atoms with van der Waals surface area (Å²) in [5, 5.41) is 8.66. The first kappa shape index (κ1) is 16.0. The van der Waals surface area contributed by atoms with E-state index >= 15 is 0 Å². The van der Waals surface area contributed by atoms with Crippen LogP contribution < -0.4 is 15.5 Å². The maximum Gasteiger partial charge on any atom is 0.397 e. The molecule has 1 atom stereocenters. The van der Waals surface area contributed by atoms with E-state index in [-0.39, 0.29) is 25.0 Å². The Morgan fingerprint density at radius 1 is 1.52 bits per heavy atom. The minimum atomic E-state index is -4.12. The lowest BCUT2D eigenvalue weighted by molar-refractivity contribution is -0.347. The molecule has 0 radical (unpaired) electrons. The summed E-state index contributed by atoms with van der Waals surface area (Å²) in [4.78, 5) is 31.3. The number of hydrogen-bond acceptors (Lipinski definition) is 7. The number of imidazole rings is 1. The molecule has 7 N–H and O–H groups in total. The second-order valence-electron chi connectivity index (χ2n) is 4.12. The van der Waals surface area contributed by atoms with Crippen molar-refractivity contribution in [1.82, 2.24) is 15.0 Å². The second kappa shape index (κ2) is 6.58.